The van der Waals surface area contributed by atoms with Crippen molar-refractivity contribution in [3.05, 3.63) is 11.1 Å². The van der Waals surface area contributed by atoms with Crippen LogP contribution in [0.2, 0.25) is 0 Å². The van der Waals surface area contributed by atoms with Crippen LogP contribution >= 0.6 is 11.3 Å². The first-order valence-corrected chi connectivity index (χ1v) is 10.3. The van der Waals surface area contributed by atoms with Crippen molar-refractivity contribution in [3.63, 3.8) is 0 Å². The number of rotatable bonds is 8. The van der Waals surface area contributed by atoms with E-state index in [-0.39, 0.29) is 17.5 Å². The molecule has 0 spiro atoms. The van der Waals surface area contributed by atoms with E-state index in [1.165, 1.54) is 20.0 Å². The SMILES string of the molecule is CC(=O)OCC1OC(Nc2ncc(C(C)=O)s2)C(OC(C)=O)C(OC(C)=O)C1OC(C)=O. The molecule has 1 fully saturated rings. The molecule has 32 heavy (non-hydrogen) atoms. The number of carbonyl (C=O) groups is 5. The highest BCUT2D eigenvalue weighted by molar-refractivity contribution is 7.17. The first-order valence-electron chi connectivity index (χ1n) is 9.51. The van der Waals surface area contributed by atoms with Crippen molar-refractivity contribution in [1.82, 2.24) is 4.98 Å². The van der Waals surface area contributed by atoms with Gasteiger partial charge in [0.2, 0.25) is 0 Å². The van der Waals surface area contributed by atoms with Gasteiger partial charge in [-0.15, -0.1) is 0 Å². The molecule has 0 aliphatic carbocycles. The zero-order valence-corrected chi connectivity index (χ0v) is 18.9. The smallest absolute Gasteiger partial charge is 0.303 e. The van der Waals surface area contributed by atoms with Crippen LogP contribution in [-0.2, 0) is 42.9 Å². The Balaban J connectivity index is 2.43. The summed E-state index contributed by atoms with van der Waals surface area (Å²) in [6.45, 7) is 5.64. The largest absolute Gasteiger partial charge is 0.463 e. The predicted octanol–water partition coefficient (Wildman–Crippen LogP) is 0.841. The molecule has 0 amide bonds. The van der Waals surface area contributed by atoms with Crippen molar-refractivity contribution in [3.8, 4) is 0 Å². The van der Waals surface area contributed by atoms with Crippen LogP contribution < -0.4 is 5.32 Å². The minimum atomic E-state index is -1.29. The third-order valence-corrected chi connectivity index (χ3v) is 5.14. The number of ketones is 1. The standard InChI is InChI=1S/C19H24N2O10S/c1-8(22)14-6-20-19(32-14)21-18-17(30-12(5)26)16(29-11(4)25)15(28-10(3)24)13(31-18)7-27-9(2)23/h6,13,15-18H,7H2,1-5H3,(H,20,21). The van der Waals surface area contributed by atoms with Crippen molar-refractivity contribution in [2.45, 2.75) is 65.3 Å². The molecule has 13 heteroatoms. The summed E-state index contributed by atoms with van der Waals surface area (Å²) in [4.78, 5) is 62.6. The van der Waals surface area contributed by atoms with E-state index in [1.54, 1.807) is 0 Å². The van der Waals surface area contributed by atoms with Gasteiger partial charge in [-0.1, -0.05) is 11.3 Å². The van der Waals surface area contributed by atoms with Gasteiger partial charge in [0, 0.05) is 34.6 Å². The normalized spacial score (nSPS) is 24.7. The van der Waals surface area contributed by atoms with Crippen LogP contribution in [0, 0.1) is 0 Å². The summed E-state index contributed by atoms with van der Waals surface area (Å²) in [5.41, 5.74) is 0. The van der Waals surface area contributed by atoms with Crippen LogP contribution in [0.4, 0.5) is 5.13 Å². The van der Waals surface area contributed by atoms with Crippen molar-refractivity contribution < 1.29 is 47.7 Å². The van der Waals surface area contributed by atoms with E-state index in [4.69, 9.17) is 23.7 Å². The zero-order valence-electron chi connectivity index (χ0n) is 18.1. The molecule has 5 unspecified atom stereocenters. The molecule has 1 aromatic rings. The Labute approximate surface area is 187 Å². The summed E-state index contributed by atoms with van der Waals surface area (Å²) in [5.74, 6) is -2.98. The van der Waals surface area contributed by atoms with Crippen LogP contribution in [0.25, 0.3) is 0 Å². The van der Waals surface area contributed by atoms with Crippen molar-refractivity contribution in [2.24, 2.45) is 0 Å². The maximum Gasteiger partial charge on any atom is 0.303 e. The second kappa shape index (κ2) is 11.0. The van der Waals surface area contributed by atoms with E-state index in [9.17, 15) is 24.0 Å². The second-order valence-corrected chi connectivity index (χ2v) is 7.88. The maximum absolute atomic E-state index is 11.8. The Morgan fingerprint density at radius 1 is 0.906 bits per heavy atom. The fourth-order valence-corrected chi connectivity index (χ4v) is 3.71. The summed E-state index contributed by atoms with van der Waals surface area (Å²) in [5, 5.41) is 3.15. The van der Waals surface area contributed by atoms with Crippen molar-refractivity contribution >= 4 is 46.1 Å². The van der Waals surface area contributed by atoms with E-state index < -0.39 is 54.5 Å². The first kappa shape index (κ1) is 25.2. The highest BCUT2D eigenvalue weighted by Crippen LogP contribution is 2.31. The number of hydrogen-bond acceptors (Lipinski definition) is 13. The molecule has 0 aromatic carbocycles. The van der Waals surface area contributed by atoms with Crippen LogP contribution in [0.3, 0.4) is 0 Å². The molecule has 1 N–H and O–H groups in total. The summed E-state index contributed by atoms with van der Waals surface area (Å²) >= 11 is 1.03. The Hall–Kier alpha value is -3.06. The molecular weight excluding hydrogens is 448 g/mol. The van der Waals surface area contributed by atoms with Gasteiger partial charge in [0.05, 0.1) is 11.1 Å². The summed E-state index contributed by atoms with van der Waals surface area (Å²) in [6, 6.07) is 0. The Bertz CT molecular complexity index is 885. The highest BCUT2D eigenvalue weighted by atomic mass is 32.1. The van der Waals surface area contributed by atoms with Gasteiger partial charge in [-0.2, -0.15) is 0 Å². The maximum atomic E-state index is 11.8. The third-order valence-electron chi connectivity index (χ3n) is 4.11. The Morgan fingerprint density at radius 2 is 1.47 bits per heavy atom. The van der Waals surface area contributed by atoms with Crippen LogP contribution in [0.1, 0.15) is 44.3 Å². The fraction of sp³-hybridized carbons (Fsp3) is 0.579. The minimum Gasteiger partial charge on any atom is -0.463 e. The van der Waals surface area contributed by atoms with Crippen molar-refractivity contribution in [1.29, 1.82) is 0 Å². The highest BCUT2D eigenvalue weighted by Gasteiger charge is 2.52. The minimum absolute atomic E-state index is 0.197. The lowest BCUT2D eigenvalue weighted by Crippen LogP contribution is -2.64. The molecular formula is C19H24N2O10S. The lowest BCUT2D eigenvalue weighted by molar-refractivity contribution is -0.247. The number of thiazole rings is 1. The number of ether oxygens (including phenoxy) is 5. The summed E-state index contributed by atoms with van der Waals surface area (Å²) in [7, 11) is 0. The van der Waals surface area contributed by atoms with Gasteiger partial charge in [0.1, 0.15) is 12.7 Å². The van der Waals surface area contributed by atoms with Gasteiger partial charge in [0.25, 0.3) is 0 Å². The fourth-order valence-electron chi connectivity index (χ4n) is 2.97. The van der Waals surface area contributed by atoms with Gasteiger partial charge in [-0.25, -0.2) is 4.98 Å². The molecule has 0 bridgehead atoms. The van der Waals surface area contributed by atoms with Crippen LogP contribution in [0.5, 0.6) is 0 Å². The Kier molecular flexibility index (Phi) is 8.66. The number of nitrogens with one attached hydrogen (secondary N) is 1. The molecule has 176 valence electrons. The topological polar surface area (TPSA) is 156 Å². The van der Waals surface area contributed by atoms with E-state index >= 15 is 0 Å². The van der Waals surface area contributed by atoms with Crippen LogP contribution in [0.15, 0.2) is 6.20 Å². The lowest BCUT2D eigenvalue weighted by atomic mass is 9.97. The molecule has 12 nitrogen and oxygen atoms in total. The van der Waals surface area contributed by atoms with E-state index in [0.717, 1.165) is 32.1 Å². The number of esters is 4. The van der Waals surface area contributed by atoms with Crippen molar-refractivity contribution in [2.75, 3.05) is 11.9 Å². The number of carbonyl (C=O) groups excluding carboxylic acids is 5. The van der Waals surface area contributed by atoms with Crippen LogP contribution in [-0.4, -0.2) is 71.9 Å². The lowest BCUT2D eigenvalue weighted by Gasteiger charge is -2.44. The molecule has 2 rings (SSSR count). The van der Waals surface area contributed by atoms with Gasteiger partial charge < -0.3 is 29.0 Å². The van der Waals surface area contributed by atoms with Gasteiger partial charge in [0.15, 0.2) is 35.5 Å². The molecule has 0 saturated carbocycles. The number of nitrogens with zero attached hydrogens (tertiary/aromatic N) is 1. The molecule has 1 saturated heterocycles. The van der Waals surface area contributed by atoms with Gasteiger partial charge in [-0.05, 0) is 0 Å². The molecule has 5 atom stereocenters. The molecule has 2 heterocycles. The third kappa shape index (κ3) is 6.99. The summed E-state index contributed by atoms with van der Waals surface area (Å²) < 4.78 is 26.9. The molecule has 1 aliphatic heterocycles. The second-order valence-electron chi connectivity index (χ2n) is 6.85. The average molecular weight is 472 g/mol. The Morgan fingerprint density at radius 3 is 1.97 bits per heavy atom. The number of anilines is 1. The number of Topliss-reactive ketones (excluding diaryl/α,β-unsaturated/α-hetero) is 1. The van der Waals surface area contributed by atoms with E-state index in [1.807, 2.05) is 0 Å². The molecule has 0 radical (unpaired) electrons. The number of hydrogen-bond donors (Lipinski definition) is 1. The monoisotopic (exact) mass is 472 g/mol. The quantitative estimate of drug-likeness (QED) is 0.323. The molecule has 1 aliphatic rings. The zero-order chi connectivity index (χ0) is 24.0. The summed E-state index contributed by atoms with van der Waals surface area (Å²) in [6.07, 6.45) is -4.67. The first-order chi connectivity index (χ1) is 15.0. The molecule has 1 aromatic heterocycles. The van der Waals surface area contributed by atoms with E-state index in [0.29, 0.717) is 4.88 Å². The van der Waals surface area contributed by atoms with Gasteiger partial charge >= 0.3 is 23.9 Å². The van der Waals surface area contributed by atoms with Gasteiger partial charge in [-0.3, -0.25) is 24.0 Å². The number of aromatic nitrogens is 1. The van der Waals surface area contributed by atoms with E-state index in [2.05, 4.69) is 10.3 Å². The predicted molar refractivity (Wildman–Crippen MR) is 108 cm³/mol. The average Bonchev–Trinajstić information content (AvgIpc) is 3.13.